The molecule has 2 aromatic heterocycles. The molecule has 1 unspecified atom stereocenters. The summed E-state index contributed by atoms with van der Waals surface area (Å²) in [4.78, 5) is 34.0. The van der Waals surface area contributed by atoms with Crippen LogP contribution >= 0.6 is 0 Å². The fraction of sp³-hybridized carbons (Fsp3) is 0.500. The molecule has 2 saturated heterocycles. The summed E-state index contributed by atoms with van der Waals surface area (Å²) in [6.45, 7) is 5.39. The zero-order valence-electron chi connectivity index (χ0n) is 14.4. The Morgan fingerprint density at radius 1 is 1.04 bits per heavy atom. The molecule has 0 saturated carbocycles. The van der Waals surface area contributed by atoms with Crippen molar-refractivity contribution < 1.29 is 4.79 Å². The third-order valence-corrected chi connectivity index (χ3v) is 5.22. The zero-order chi connectivity index (χ0) is 17.3. The van der Waals surface area contributed by atoms with Crippen molar-refractivity contribution in [3.63, 3.8) is 0 Å². The van der Waals surface area contributed by atoms with E-state index in [0.717, 1.165) is 57.0 Å². The van der Waals surface area contributed by atoms with Gasteiger partial charge in [-0.25, -0.2) is 15.0 Å². The molecule has 7 heteroatoms. The summed E-state index contributed by atoms with van der Waals surface area (Å²) in [6, 6.07) is 0. The molecule has 4 heterocycles. The molecule has 0 N–H and O–H groups in total. The lowest BCUT2D eigenvalue weighted by Crippen LogP contribution is -2.47. The molecule has 1 amide bonds. The van der Waals surface area contributed by atoms with E-state index in [2.05, 4.69) is 24.8 Å². The van der Waals surface area contributed by atoms with Gasteiger partial charge in [-0.1, -0.05) is 0 Å². The minimum Gasteiger partial charge on any atom is -0.340 e. The third-order valence-electron chi connectivity index (χ3n) is 5.22. The van der Waals surface area contributed by atoms with Gasteiger partial charge in [0, 0.05) is 56.4 Å². The standard InChI is InChI=1S/C18H22N6O/c1-14-9-21-17(22-10-14)24-8-4-18(13-24)3-2-7-23(12-18)16(25)15-11-19-5-6-20-15/h5-6,9-11H,2-4,7-8,12-13H2,1H3. The molecule has 2 aromatic rings. The van der Waals surface area contributed by atoms with Gasteiger partial charge in [-0.05, 0) is 31.7 Å². The van der Waals surface area contributed by atoms with E-state index in [1.54, 1.807) is 18.6 Å². The quantitative estimate of drug-likeness (QED) is 0.830. The van der Waals surface area contributed by atoms with Gasteiger partial charge in [0.2, 0.25) is 5.95 Å². The van der Waals surface area contributed by atoms with Crippen LogP contribution in [-0.4, -0.2) is 56.9 Å². The highest BCUT2D eigenvalue weighted by molar-refractivity contribution is 5.92. The van der Waals surface area contributed by atoms with Crippen LogP contribution in [0.5, 0.6) is 0 Å². The topological polar surface area (TPSA) is 75.1 Å². The van der Waals surface area contributed by atoms with Gasteiger partial charge >= 0.3 is 0 Å². The van der Waals surface area contributed by atoms with Crippen molar-refractivity contribution in [2.45, 2.75) is 26.2 Å². The molecule has 25 heavy (non-hydrogen) atoms. The minimum absolute atomic E-state index is 0.0165. The number of nitrogens with zero attached hydrogens (tertiary/aromatic N) is 6. The van der Waals surface area contributed by atoms with E-state index in [-0.39, 0.29) is 11.3 Å². The molecule has 0 bridgehead atoms. The van der Waals surface area contributed by atoms with Gasteiger partial charge in [0.1, 0.15) is 5.69 Å². The number of aryl methyl sites for hydroxylation is 1. The lowest BCUT2D eigenvalue weighted by Gasteiger charge is -2.40. The fourth-order valence-corrected chi connectivity index (χ4v) is 3.94. The van der Waals surface area contributed by atoms with Gasteiger partial charge in [0.05, 0.1) is 6.20 Å². The third kappa shape index (κ3) is 3.18. The largest absolute Gasteiger partial charge is 0.340 e. The fourth-order valence-electron chi connectivity index (χ4n) is 3.94. The predicted molar refractivity (Wildman–Crippen MR) is 93.2 cm³/mol. The van der Waals surface area contributed by atoms with Crippen molar-refractivity contribution in [2.24, 2.45) is 5.41 Å². The maximum Gasteiger partial charge on any atom is 0.274 e. The molecule has 0 radical (unpaired) electrons. The average Bonchev–Trinajstić information content (AvgIpc) is 3.05. The van der Waals surface area contributed by atoms with Crippen LogP contribution in [0.2, 0.25) is 0 Å². The number of likely N-dealkylation sites (tertiary alicyclic amines) is 1. The number of piperidine rings is 1. The van der Waals surface area contributed by atoms with Crippen molar-refractivity contribution in [3.05, 3.63) is 42.2 Å². The summed E-state index contributed by atoms with van der Waals surface area (Å²) in [5, 5.41) is 0. The van der Waals surface area contributed by atoms with Gasteiger partial charge < -0.3 is 9.80 Å². The first-order valence-electron chi connectivity index (χ1n) is 8.74. The molecular formula is C18H22N6O. The smallest absolute Gasteiger partial charge is 0.274 e. The Labute approximate surface area is 147 Å². The molecule has 130 valence electrons. The Kier molecular flexibility index (Phi) is 4.07. The van der Waals surface area contributed by atoms with Crippen LogP contribution in [0, 0.1) is 12.3 Å². The number of anilines is 1. The van der Waals surface area contributed by atoms with E-state index in [1.165, 1.54) is 0 Å². The summed E-state index contributed by atoms with van der Waals surface area (Å²) < 4.78 is 0. The lowest BCUT2D eigenvalue weighted by atomic mass is 9.79. The van der Waals surface area contributed by atoms with Crippen molar-refractivity contribution in [1.29, 1.82) is 0 Å². The molecule has 4 rings (SSSR count). The number of carbonyl (C=O) groups excluding carboxylic acids is 1. The zero-order valence-corrected chi connectivity index (χ0v) is 14.4. The Balaban J connectivity index is 1.47. The molecule has 2 aliphatic heterocycles. The summed E-state index contributed by atoms with van der Waals surface area (Å²) in [7, 11) is 0. The highest BCUT2D eigenvalue weighted by Gasteiger charge is 2.43. The highest BCUT2D eigenvalue weighted by atomic mass is 16.2. The Morgan fingerprint density at radius 2 is 1.88 bits per heavy atom. The van der Waals surface area contributed by atoms with Crippen molar-refractivity contribution in [2.75, 3.05) is 31.1 Å². The SMILES string of the molecule is Cc1cnc(N2CCC3(CCCN(C(=O)c4cnccn4)C3)C2)nc1. The van der Waals surface area contributed by atoms with Crippen LogP contribution in [0.25, 0.3) is 0 Å². The molecule has 0 aromatic carbocycles. The van der Waals surface area contributed by atoms with E-state index < -0.39 is 0 Å². The summed E-state index contributed by atoms with van der Waals surface area (Å²) >= 11 is 0. The number of aromatic nitrogens is 4. The van der Waals surface area contributed by atoms with Gasteiger partial charge in [0.15, 0.2) is 0 Å². The molecule has 1 spiro atoms. The summed E-state index contributed by atoms with van der Waals surface area (Å²) in [6.07, 6.45) is 11.6. The van der Waals surface area contributed by atoms with Gasteiger partial charge in [-0.2, -0.15) is 0 Å². The number of amides is 1. The molecule has 2 aliphatic rings. The van der Waals surface area contributed by atoms with Crippen LogP contribution in [0.4, 0.5) is 5.95 Å². The Hall–Kier alpha value is -2.57. The Bertz CT molecular complexity index is 750. The second kappa shape index (κ2) is 6.38. The second-order valence-electron chi connectivity index (χ2n) is 7.15. The average molecular weight is 338 g/mol. The van der Waals surface area contributed by atoms with Gasteiger partial charge in [0.25, 0.3) is 5.91 Å². The van der Waals surface area contributed by atoms with Gasteiger partial charge in [-0.3, -0.25) is 9.78 Å². The monoisotopic (exact) mass is 338 g/mol. The maximum absolute atomic E-state index is 12.7. The lowest BCUT2D eigenvalue weighted by molar-refractivity contribution is 0.0550. The van der Waals surface area contributed by atoms with Crippen molar-refractivity contribution >= 4 is 11.9 Å². The molecule has 7 nitrogen and oxygen atoms in total. The number of hydrogen-bond acceptors (Lipinski definition) is 6. The first-order chi connectivity index (χ1) is 12.2. The van der Waals surface area contributed by atoms with E-state index in [9.17, 15) is 4.79 Å². The van der Waals surface area contributed by atoms with Crippen LogP contribution in [0.1, 0.15) is 35.3 Å². The predicted octanol–water partition coefficient (Wildman–Crippen LogP) is 1.71. The summed E-state index contributed by atoms with van der Waals surface area (Å²) in [5.41, 5.74) is 1.62. The van der Waals surface area contributed by atoms with Crippen LogP contribution in [0.15, 0.2) is 31.0 Å². The molecular weight excluding hydrogens is 316 g/mol. The first kappa shape index (κ1) is 15.9. The van der Waals surface area contributed by atoms with E-state index >= 15 is 0 Å². The number of carbonyl (C=O) groups is 1. The molecule has 2 fully saturated rings. The van der Waals surface area contributed by atoms with Gasteiger partial charge in [-0.15, -0.1) is 0 Å². The number of rotatable bonds is 2. The minimum atomic E-state index is -0.0165. The molecule has 1 atom stereocenters. The second-order valence-corrected chi connectivity index (χ2v) is 7.15. The highest BCUT2D eigenvalue weighted by Crippen LogP contribution is 2.40. The van der Waals surface area contributed by atoms with E-state index in [1.807, 2.05) is 24.2 Å². The van der Waals surface area contributed by atoms with E-state index in [4.69, 9.17) is 0 Å². The van der Waals surface area contributed by atoms with Crippen LogP contribution < -0.4 is 4.90 Å². The van der Waals surface area contributed by atoms with E-state index in [0.29, 0.717) is 5.69 Å². The first-order valence-corrected chi connectivity index (χ1v) is 8.74. The summed E-state index contributed by atoms with van der Waals surface area (Å²) in [5.74, 6) is 0.775. The molecule has 0 aliphatic carbocycles. The normalized spacial score (nSPS) is 23.2. The Morgan fingerprint density at radius 3 is 2.64 bits per heavy atom. The van der Waals surface area contributed by atoms with Crippen molar-refractivity contribution in [1.82, 2.24) is 24.8 Å². The van der Waals surface area contributed by atoms with Crippen molar-refractivity contribution in [3.8, 4) is 0 Å². The van der Waals surface area contributed by atoms with Crippen LogP contribution in [-0.2, 0) is 0 Å². The van der Waals surface area contributed by atoms with Crippen LogP contribution in [0.3, 0.4) is 0 Å². The number of hydrogen-bond donors (Lipinski definition) is 0. The maximum atomic E-state index is 12.7.